The zero-order chi connectivity index (χ0) is 14.7. The Balaban J connectivity index is 1.69. The largest absolute Gasteiger partial charge is 0.381 e. The van der Waals surface area contributed by atoms with Crippen molar-refractivity contribution in [3.05, 3.63) is 11.9 Å². The molecule has 0 bridgehead atoms. The molecule has 2 unspecified atom stereocenters. The number of ether oxygens (including phenoxy) is 1. The maximum Gasteiger partial charge on any atom is 0.136 e. The van der Waals surface area contributed by atoms with Gasteiger partial charge in [0.15, 0.2) is 0 Å². The zero-order valence-corrected chi connectivity index (χ0v) is 13.1. The maximum atomic E-state index is 5.44. The van der Waals surface area contributed by atoms with E-state index in [9.17, 15) is 0 Å². The minimum absolute atomic E-state index is 0.393. The lowest BCUT2D eigenvalue weighted by Crippen LogP contribution is -2.19. The molecule has 0 aliphatic heterocycles. The maximum absolute atomic E-state index is 5.44. The Morgan fingerprint density at radius 2 is 2.00 bits per heavy atom. The lowest BCUT2D eigenvalue weighted by atomic mass is 10.2. The van der Waals surface area contributed by atoms with Gasteiger partial charge in [-0.15, -0.1) is 0 Å². The van der Waals surface area contributed by atoms with Crippen molar-refractivity contribution in [2.45, 2.75) is 63.5 Å². The minimum atomic E-state index is 0.393. The molecule has 2 aliphatic carbocycles. The normalized spacial score (nSPS) is 25.0. The monoisotopic (exact) mass is 290 g/mol. The summed E-state index contributed by atoms with van der Waals surface area (Å²) in [7, 11) is 1.80. The Labute approximate surface area is 126 Å². The van der Waals surface area contributed by atoms with E-state index in [0.717, 1.165) is 49.7 Å². The van der Waals surface area contributed by atoms with Crippen LogP contribution in [0.25, 0.3) is 0 Å². The Hall–Kier alpha value is -1.36. The molecule has 0 radical (unpaired) electrons. The molecule has 2 fully saturated rings. The third kappa shape index (κ3) is 3.84. The van der Waals surface area contributed by atoms with Crippen LogP contribution in [0.15, 0.2) is 6.07 Å². The van der Waals surface area contributed by atoms with Gasteiger partial charge in [0.1, 0.15) is 17.5 Å². The second-order valence-corrected chi connectivity index (χ2v) is 6.21. The molecule has 3 rings (SSSR count). The van der Waals surface area contributed by atoms with Crippen LogP contribution in [-0.4, -0.2) is 35.8 Å². The van der Waals surface area contributed by atoms with Gasteiger partial charge in [-0.3, -0.25) is 0 Å². The first-order valence-corrected chi connectivity index (χ1v) is 8.20. The number of anilines is 2. The quantitative estimate of drug-likeness (QED) is 0.808. The highest BCUT2D eigenvalue weighted by molar-refractivity contribution is 5.48. The second kappa shape index (κ2) is 6.60. The minimum Gasteiger partial charge on any atom is -0.381 e. The molecule has 116 valence electrons. The molecule has 2 N–H and O–H groups in total. The van der Waals surface area contributed by atoms with Crippen molar-refractivity contribution in [3.8, 4) is 0 Å². The first-order valence-electron chi connectivity index (χ1n) is 8.20. The molecular formula is C16H26N4O. The summed E-state index contributed by atoms with van der Waals surface area (Å²) in [6.07, 6.45) is 7.30. The van der Waals surface area contributed by atoms with Gasteiger partial charge < -0.3 is 15.4 Å². The van der Waals surface area contributed by atoms with Crippen LogP contribution in [0.2, 0.25) is 0 Å². The number of aromatic nitrogens is 2. The van der Waals surface area contributed by atoms with Gasteiger partial charge in [-0.25, -0.2) is 9.97 Å². The third-order valence-corrected chi connectivity index (χ3v) is 4.31. The third-order valence-electron chi connectivity index (χ3n) is 4.31. The van der Waals surface area contributed by atoms with Crippen LogP contribution in [0, 0.1) is 0 Å². The summed E-state index contributed by atoms with van der Waals surface area (Å²) >= 11 is 0. The molecule has 0 spiro atoms. The number of rotatable bonds is 7. The van der Waals surface area contributed by atoms with Crippen molar-refractivity contribution in [1.29, 1.82) is 0 Å². The predicted molar refractivity (Wildman–Crippen MR) is 84.8 cm³/mol. The summed E-state index contributed by atoms with van der Waals surface area (Å²) in [4.78, 5) is 9.37. The molecule has 2 atom stereocenters. The first-order chi connectivity index (χ1) is 10.3. The van der Waals surface area contributed by atoms with Gasteiger partial charge in [-0.2, -0.15) is 0 Å². The fraction of sp³-hybridized carbons (Fsp3) is 0.750. The van der Waals surface area contributed by atoms with Gasteiger partial charge in [-0.05, 0) is 38.5 Å². The molecule has 0 amide bonds. The standard InChI is InChI=1S/C16H26N4O/c1-3-8-17-14-10-15(20-16(19-14)11-4-5-11)18-12-6-7-13(9-12)21-2/h10-13H,3-9H2,1-2H3,(H2,17,18,19,20). The van der Waals surface area contributed by atoms with Crippen LogP contribution in [0.3, 0.4) is 0 Å². The van der Waals surface area contributed by atoms with Crippen molar-refractivity contribution in [2.24, 2.45) is 0 Å². The van der Waals surface area contributed by atoms with E-state index in [4.69, 9.17) is 9.72 Å². The van der Waals surface area contributed by atoms with Crippen LogP contribution in [0.5, 0.6) is 0 Å². The lowest BCUT2D eigenvalue weighted by Gasteiger charge is -2.15. The fourth-order valence-electron chi connectivity index (χ4n) is 2.90. The van der Waals surface area contributed by atoms with Gasteiger partial charge in [-0.1, -0.05) is 6.92 Å². The molecule has 0 saturated heterocycles. The molecular weight excluding hydrogens is 264 g/mol. The number of nitrogens with zero attached hydrogens (tertiary/aromatic N) is 2. The van der Waals surface area contributed by atoms with E-state index >= 15 is 0 Å². The van der Waals surface area contributed by atoms with Crippen molar-refractivity contribution < 1.29 is 4.74 Å². The van der Waals surface area contributed by atoms with Crippen LogP contribution in [0.4, 0.5) is 11.6 Å². The van der Waals surface area contributed by atoms with E-state index in [1.165, 1.54) is 12.8 Å². The molecule has 0 aromatic carbocycles. The predicted octanol–water partition coefficient (Wildman–Crippen LogP) is 3.16. The number of hydrogen-bond acceptors (Lipinski definition) is 5. The Kier molecular flexibility index (Phi) is 4.58. The van der Waals surface area contributed by atoms with Gasteiger partial charge in [0.25, 0.3) is 0 Å². The SMILES string of the molecule is CCCNc1cc(NC2CCC(OC)C2)nc(C2CC2)n1. The fourth-order valence-corrected chi connectivity index (χ4v) is 2.90. The number of hydrogen-bond donors (Lipinski definition) is 2. The van der Waals surface area contributed by atoms with E-state index in [1.54, 1.807) is 7.11 Å². The highest BCUT2D eigenvalue weighted by atomic mass is 16.5. The van der Waals surface area contributed by atoms with E-state index < -0.39 is 0 Å². The summed E-state index contributed by atoms with van der Waals surface area (Å²) in [5, 5.41) is 6.96. The smallest absolute Gasteiger partial charge is 0.136 e. The lowest BCUT2D eigenvalue weighted by molar-refractivity contribution is 0.108. The summed E-state index contributed by atoms with van der Waals surface area (Å²) < 4.78 is 5.44. The van der Waals surface area contributed by atoms with Crippen molar-refractivity contribution >= 4 is 11.6 Å². The molecule has 1 heterocycles. The van der Waals surface area contributed by atoms with Crippen LogP contribution in [0.1, 0.15) is 57.2 Å². The molecule has 2 saturated carbocycles. The molecule has 1 aromatic rings. The van der Waals surface area contributed by atoms with E-state index in [0.29, 0.717) is 18.1 Å². The number of methoxy groups -OCH3 is 1. The average molecular weight is 290 g/mol. The van der Waals surface area contributed by atoms with Crippen molar-refractivity contribution in [3.63, 3.8) is 0 Å². The molecule has 2 aliphatic rings. The van der Waals surface area contributed by atoms with Crippen LogP contribution >= 0.6 is 0 Å². The number of nitrogens with one attached hydrogen (secondary N) is 2. The van der Waals surface area contributed by atoms with Crippen molar-refractivity contribution in [2.75, 3.05) is 24.3 Å². The Morgan fingerprint density at radius 1 is 1.19 bits per heavy atom. The zero-order valence-electron chi connectivity index (χ0n) is 13.1. The second-order valence-electron chi connectivity index (χ2n) is 6.21. The van der Waals surface area contributed by atoms with Gasteiger partial charge in [0.2, 0.25) is 0 Å². The highest BCUT2D eigenvalue weighted by Gasteiger charge is 2.28. The Bertz CT molecular complexity index is 475. The van der Waals surface area contributed by atoms with Crippen molar-refractivity contribution in [1.82, 2.24) is 9.97 Å². The van der Waals surface area contributed by atoms with Crippen LogP contribution < -0.4 is 10.6 Å². The highest BCUT2D eigenvalue weighted by Crippen LogP contribution is 2.39. The average Bonchev–Trinajstić information content (AvgIpc) is 3.26. The summed E-state index contributed by atoms with van der Waals surface area (Å²) in [5.41, 5.74) is 0. The van der Waals surface area contributed by atoms with E-state index in [2.05, 4.69) is 22.5 Å². The van der Waals surface area contributed by atoms with E-state index in [1.807, 2.05) is 6.07 Å². The first kappa shape index (κ1) is 14.6. The van der Waals surface area contributed by atoms with E-state index in [-0.39, 0.29) is 0 Å². The van der Waals surface area contributed by atoms with Gasteiger partial charge in [0.05, 0.1) is 6.10 Å². The molecule has 5 heteroatoms. The molecule has 1 aromatic heterocycles. The topological polar surface area (TPSA) is 59.1 Å². The van der Waals surface area contributed by atoms with Gasteiger partial charge >= 0.3 is 0 Å². The summed E-state index contributed by atoms with van der Waals surface area (Å²) in [6, 6.07) is 2.51. The van der Waals surface area contributed by atoms with Crippen LogP contribution in [-0.2, 0) is 4.74 Å². The summed E-state index contributed by atoms with van der Waals surface area (Å²) in [6.45, 7) is 3.12. The molecule has 5 nitrogen and oxygen atoms in total. The summed E-state index contributed by atoms with van der Waals surface area (Å²) in [5.74, 6) is 3.49. The van der Waals surface area contributed by atoms with Gasteiger partial charge in [0, 0.05) is 31.7 Å². The Morgan fingerprint density at radius 3 is 2.67 bits per heavy atom. The molecule has 21 heavy (non-hydrogen) atoms.